The molecule has 1 aromatic rings. The second-order valence-electron chi connectivity index (χ2n) is 5.54. The van der Waals surface area contributed by atoms with Gasteiger partial charge in [-0.1, -0.05) is 11.6 Å². The van der Waals surface area contributed by atoms with Gasteiger partial charge in [0, 0.05) is 18.8 Å². The normalized spacial score (nSPS) is 19.4. The van der Waals surface area contributed by atoms with E-state index in [-0.39, 0.29) is 12.5 Å². The molecule has 1 amide bonds. The number of nitrogens with zero attached hydrogens (tertiary/aromatic N) is 1. The smallest absolute Gasteiger partial charge is 0.238 e. The number of nitrogens with two attached hydrogens (primary N) is 1. The predicted octanol–water partition coefficient (Wildman–Crippen LogP) is 1.96. The number of benzene rings is 1. The summed E-state index contributed by atoms with van der Waals surface area (Å²) in [6, 6.07) is 5.07. The molecule has 1 aliphatic rings. The molecule has 1 unspecified atom stereocenters. The molecule has 0 aliphatic carbocycles. The number of anilines is 2. The van der Waals surface area contributed by atoms with E-state index in [0.29, 0.717) is 28.9 Å². The Labute approximate surface area is 130 Å². The summed E-state index contributed by atoms with van der Waals surface area (Å²) in [4.78, 5) is 14.2. The first-order valence-electron chi connectivity index (χ1n) is 7.26. The molecule has 5 nitrogen and oxygen atoms in total. The molecule has 21 heavy (non-hydrogen) atoms. The van der Waals surface area contributed by atoms with Crippen molar-refractivity contribution in [2.24, 2.45) is 5.92 Å². The van der Waals surface area contributed by atoms with Gasteiger partial charge in [0.1, 0.15) is 0 Å². The zero-order valence-electron chi connectivity index (χ0n) is 12.0. The molecule has 1 fully saturated rings. The van der Waals surface area contributed by atoms with Crippen LogP contribution in [-0.4, -0.2) is 42.2 Å². The Kier molecular flexibility index (Phi) is 5.85. The average molecular weight is 312 g/mol. The van der Waals surface area contributed by atoms with Crippen LogP contribution >= 0.6 is 11.6 Å². The number of nitrogens with one attached hydrogen (secondary N) is 1. The third-order valence-corrected chi connectivity index (χ3v) is 4.13. The monoisotopic (exact) mass is 311 g/mol. The predicted molar refractivity (Wildman–Crippen MR) is 85.4 cm³/mol. The highest BCUT2D eigenvalue weighted by Crippen LogP contribution is 2.23. The van der Waals surface area contributed by atoms with Crippen LogP contribution in [0.25, 0.3) is 0 Å². The van der Waals surface area contributed by atoms with Gasteiger partial charge in [-0.25, -0.2) is 0 Å². The van der Waals surface area contributed by atoms with Crippen molar-refractivity contribution in [1.29, 1.82) is 0 Å². The van der Waals surface area contributed by atoms with Crippen molar-refractivity contribution >= 4 is 28.9 Å². The Balaban J connectivity index is 1.84. The van der Waals surface area contributed by atoms with E-state index in [1.54, 1.807) is 18.2 Å². The van der Waals surface area contributed by atoms with Crippen LogP contribution < -0.4 is 11.1 Å². The topological polar surface area (TPSA) is 78.6 Å². The van der Waals surface area contributed by atoms with E-state index in [1.807, 2.05) is 0 Å². The highest BCUT2D eigenvalue weighted by atomic mass is 35.5. The van der Waals surface area contributed by atoms with E-state index >= 15 is 0 Å². The van der Waals surface area contributed by atoms with Crippen molar-refractivity contribution in [3.63, 3.8) is 0 Å². The van der Waals surface area contributed by atoms with Crippen molar-refractivity contribution < 1.29 is 9.90 Å². The molecule has 1 aliphatic heterocycles. The van der Waals surface area contributed by atoms with Crippen molar-refractivity contribution in [2.75, 3.05) is 37.3 Å². The van der Waals surface area contributed by atoms with Gasteiger partial charge in [0.15, 0.2) is 0 Å². The summed E-state index contributed by atoms with van der Waals surface area (Å²) < 4.78 is 0. The second kappa shape index (κ2) is 7.64. The number of piperidine rings is 1. The number of rotatable bonds is 5. The maximum absolute atomic E-state index is 12.1. The van der Waals surface area contributed by atoms with Gasteiger partial charge in [0.25, 0.3) is 0 Å². The maximum Gasteiger partial charge on any atom is 0.238 e. The fraction of sp³-hybridized carbons (Fsp3) is 0.533. The summed E-state index contributed by atoms with van der Waals surface area (Å²) in [5.74, 6) is 0.434. The van der Waals surface area contributed by atoms with Crippen LogP contribution in [0.5, 0.6) is 0 Å². The molecule has 0 aromatic heterocycles. The summed E-state index contributed by atoms with van der Waals surface area (Å²) in [5, 5.41) is 12.3. The summed E-state index contributed by atoms with van der Waals surface area (Å²) in [7, 11) is 0. The summed E-state index contributed by atoms with van der Waals surface area (Å²) in [6.45, 7) is 2.38. The number of hydrogen-bond acceptors (Lipinski definition) is 4. The molecule has 4 N–H and O–H groups in total. The molecule has 1 saturated heterocycles. The number of amides is 1. The molecule has 0 spiro atoms. The Morgan fingerprint density at radius 1 is 1.52 bits per heavy atom. The van der Waals surface area contributed by atoms with Crippen molar-refractivity contribution in [3.8, 4) is 0 Å². The molecule has 0 bridgehead atoms. The third-order valence-electron chi connectivity index (χ3n) is 3.79. The largest absolute Gasteiger partial charge is 0.397 e. The number of aliphatic hydroxyl groups excluding tert-OH is 1. The second-order valence-corrected chi connectivity index (χ2v) is 5.95. The van der Waals surface area contributed by atoms with Crippen LogP contribution in [0.4, 0.5) is 11.4 Å². The van der Waals surface area contributed by atoms with Crippen LogP contribution in [0, 0.1) is 5.92 Å². The van der Waals surface area contributed by atoms with Crippen molar-refractivity contribution in [1.82, 2.24) is 4.90 Å². The first kappa shape index (κ1) is 16.1. The van der Waals surface area contributed by atoms with Gasteiger partial charge in [-0.15, -0.1) is 0 Å². The lowest BCUT2D eigenvalue weighted by Gasteiger charge is -2.31. The summed E-state index contributed by atoms with van der Waals surface area (Å²) >= 11 is 5.85. The van der Waals surface area contributed by atoms with E-state index in [9.17, 15) is 4.79 Å². The molecule has 1 atom stereocenters. The SMILES string of the molecule is Nc1cc(NC(=O)CN2CCCC(CCO)C2)ccc1Cl. The molecule has 0 saturated carbocycles. The standard InChI is InChI=1S/C15H22ClN3O2/c16-13-4-3-12(8-14(13)17)18-15(21)10-19-6-1-2-11(9-19)5-7-20/h3-4,8,11,20H,1-2,5-7,9-10,17H2,(H,18,21). The van der Waals surface area contributed by atoms with Gasteiger partial charge in [-0.05, 0) is 49.9 Å². The maximum atomic E-state index is 12.1. The van der Waals surface area contributed by atoms with E-state index in [2.05, 4.69) is 10.2 Å². The molecule has 2 rings (SSSR count). The van der Waals surface area contributed by atoms with E-state index in [4.69, 9.17) is 22.4 Å². The minimum absolute atomic E-state index is 0.0543. The fourth-order valence-corrected chi connectivity index (χ4v) is 2.86. The van der Waals surface area contributed by atoms with Crippen molar-refractivity contribution in [2.45, 2.75) is 19.3 Å². The first-order chi connectivity index (χ1) is 10.1. The average Bonchev–Trinajstić information content (AvgIpc) is 2.43. The Bertz CT molecular complexity index is 494. The van der Waals surface area contributed by atoms with E-state index < -0.39 is 0 Å². The molecule has 116 valence electrons. The Hall–Kier alpha value is -1.30. The van der Waals surface area contributed by atoms with Gasteiger partial charge in [-0.3, -0.25) is 9.69 Å². The zero-order valence-corrected chi connectivity index (χ0v) is 12.8. The lowest BCUT2D eigenvalue weighted by molar-refractivity contribution is -0.117. The number of carbonyl (C=O) groups is 1. The van der Waals surface area contributed by atoms with Crippen LogP contribution in [0.3, 0.4) is 0 Å². The lowest BCUT2D eigenvalue weighted by Crippen LogP contribution is -2.40. The van der Waals surface area contributed by atoms with Gasteiger partial charge >= 0.3 is 0 Å². The van der Waals surface area contributed by atoms with Gasteiger partial charge in [-0.2, -0.15) is 0 Å². The Morgan fingerprint density at radius 3 is 3.05 bits per heavy atom. The highest BCUT2D eigenvalue weighted by molar-refractivity contribution is 6.33. The van der Waals surface area contributed by atoms with Gasteiger partial charge < -0.3 is 16.2 Å². The highest BCUT2D eigenvalue weighted by Gasteiger charge is 2.21. The molecule has 0 radical (unpaired) electrons. The van der Waals surface area contributed by atoms with Gasteiger partial charge in [0.05, 0.1) is 17.3 Å². The van der Waals surface area contributed by atoms with E-state index in [0.717, 1.165) is 32.4 Å². The molecule has 1 heterocycles. The molecule has 6 heteroatoms. The minimum Gasteiger partial charge on any atom is -0.397 e. The number of halogens is 1. The van der Waals surface area contributed by atoms with Crippen LogP contribution in [0.15, 0.2) is 18.2 Å². The van der Waals surface area contributed by atoms with E-state index in [1.165, 1.54) is 0 Å². The number of likely N-dealkylation sites (tertiary alicyclic amines) is 1. The third kappa shape index (κ3) is 4.88. The number of hydrogen-bond donors (Lipinski definition) is 3. The van der Waals surface area contributed by atoms with Crippen LogP contribution in [0.1, 0.15) is 19.3 Å². The van der Waals surface area contributed by atoms with Crippen LogP contribution in [-0.2, 0) is 4.79 Å². The summed E-state index contributed by atoms with van der Waals surface area (Å²) in [6.07, 6.45) is 3.02. The number of nitrogen functional groups attached to an aromatic ring is 1. The molecule has 1 aromatic carbocycles. The Morgan fingerprint density at radius 2 is 2.33 bits per heavy atom. The van der Waals surface area contributed by atoms with Crippen LogP contribution in [0.2, 0.25) is 5.02 Å². The quantitative estimate of drug-likeness (QED) is 0.726. The summed E-state index contributed by atoms with van der Waals surface area (Å²) in [5.41, 5.74) is 6.83. The number of carbonyl (C=O) groups excluding carboxylic acids is 1. The van der Waals surface area contributed by atoms with Gasteiger partial charge in [0.2, 0.25) is 5.91 Å². The fourth-order valence-electron chi connectivity index (χ4n) is 2.74. The molecular weight excluding hydrogens is 290 g/mol. The van der Waals surface area contributed by atoms with Crippen molar-refractivity contribution in [3.05, 3.63) is 23.2 Å². The first-order valence-corrected chi connectivity index (χ1v) is 7.64. The minimum atomic E-state index is -0.0543. The zero-order chi connectivity index (χ0) is 15.2. The molecular formula is C15H22ClN3O2. The number of aliphatic hydroxyl groups is 1. The lowest BCUT2D eigenvalue weighted by atomic mass is 9.95.